The summed E-state index contributed by atoms with van der Waals surface area (Å²) >= 11 is 0. The standard InChI is InChI=1S/C48H28N4/c1-2-12-32-29(11-1)22-26-45-46(32)40-28-31(30-21-24-37-35-15-4-3-13-33(35)34-14-5-6-16-36(34)39(37)27-30)23-25-43(40)51(45)48-50-41-18-8-7-17-38(41)47-49-42-19-9-10-20-44(42)52(47)48/h1-28H. The van der Waals surface area contributed by atoms with Gasteiger partial charge in [-0.3, -0.25) is 8.97 Å². The van der Waals surface area contributed by atoms with E-state index in [0.717, 1.165) is 44.6 Å². The Labute approximate surface area is 297 Å². The van der Waals surface area contributed by atoms with Crippen molar-refractivity contribution < 1.29 is 0 Å². The summed E-state index contributed by atoms with van der Waals surface area (Å²) in [4.78, 5) is 10.6. The zero-order valence-corrected chi connectivity index (χ0v) is 28.0. The van der Waals surface area contributed by atoms with E-state index in [1.54, 1.807) is 0 Å². The van der Waals surface area contributed by atoms with Crippen molar-refractivity contribution in [3.63, 3.8) is 0 Å². The summed E-state index contributed by atoms with van der Waals surface area (Å²) in [6.45, 7) is 0. The zero-order valence-electron chi connectivity index (χ0n) is 28.0. The summed E-state index contributed by atoms with van der Waals surface area (Å²) in [6, 6.07) is 61.4. The maximum Gasteiger partial charge on any atom is 0.221 e. The molecule has 4 nitrogen and oxygen atoms in total. The maximum atomic E-state index is 5.40. The quantitative estimate of drug-likeness (QED) is 0.173. The largest absolute Gasteiger partial charge is 0.279 e. The molecule has 0 aliphatic heterocycles. The summed E-state index contributed by atoms with van der Waals surface area (Å²) in [6.07, 6.45) is 0. The number of benzene rings is 9. The maximum absolute atomic E-state index is 5.40. The first-order valence-corrected chi connectivity index (χ1v) is 17.8. The van der Waals surface area contributed by atoms with Crippen LogP contribution in [-0.4, -0.2) is 18.9 Å². The van der Waals surface area contributed by atoms with Crippen LogP contribution in [0.1, 0.15) is 0 Å². The smallest absolute Gasteiger partial charge is 0.221 e. The molecule has 0 saturated heterocycles. The number of imidazole rings is 1. The minimum absolute atomic E-state index is 0.828. The summed E-state index contributed by atoms with van der Waals surface area (Å²) in [5.74, 6) is 0.828. The Morgan fingerprint density at radius 2 is 0.904 bits per heavy atom. The van der Waals surface area contributed by atoms with Crippen LogP contribution in [0.5, 0.6) is 0 Å². The van der Waals surface area contributed by atoms with Crippen molar-refractivity contribution >= 4 is 92.5 Å². The summed E-state index contributed by atoms with van der Waals surface area (Å²) in [7, 11) is 0. The lowest BCUT2D eigenvalue weighted by molar-refractivity contribution is 0.980. The van der Waals surface area contributed by atoms with E-state index in [-0.39, 0.29) is 0 Å². The summed E-state index contributed by atoms with van der Waals surface area (Å²) in [5, 5.41) is 13.6. The van der Waals surface area contributed by atoms with Gasteiger partial charge in [-0.1, -0.05) is 121 Å². The highest BCUT2D eigenvalue weighted by Gasteiger charge is 2.21. The zero-order chi connectivity index (χ0) is 33.9. The van der Waals surface area contributed by atoms with Crippen LogP contribution >= 0.6 is 0 Å². The fourth-order valence-electron chi connectivity index (χ4n) is 8.75. The molecule has 0 aliphatic rings. The van der Waals surface area contributed by atoms with E-state index in [9.17, 15) is 0 Å². The number of hydrogen-bond donors (Lipinski definition) is 0. The van der Waals surface area contributed by atoms with Gasteiger partial charge >= 0.3 is 0 Å². The van der Waals surface area contributed by atoms with Crippen LogP contribution < -0.4 is 0 Å². The normalized spacial score (nSPS) is 12.2. The topological polar surface area (TPSA) is 35.1 Å². The van der Waals surface area contributed by atoms with Crippen molar-refractivity contribution in [2.24, 2.45) is 0 Å². The second-order valence-electron chi connectivity index (χ2n) is 13.8. The third-order valence-corrected chi connectivity index (χ3v) is 11.1. The Morgan fingerprint density at radius 1 is 0.346 bits per heavy atom. The van der Waals surface area contributed by atoms with E-state index >= 15 is 0 Å². The van der Waals surface area contributed by atoms with E-state index in [1.165, 1.54) is 65.0 Å². The first-order chi connectivity index (χ1) is 25.8. The summed E-state index contributed by atoms with van der Waals surface area (Å²) < 4.78 is 4.58. The average molecular weight is 661 g/mol. The van der Waals surface area contributed by atoms with Crippen LogP contribution in [0.25, 0.3) is 110 Å². The Hall–Kier alpha value is -7.04. The van der Waals surface area contributed by atoms with Gasteiger partial charge < -0.3 is 0 Å². The van der Waals surface area contributed by atoms with E-state index in [0.29, 0.717) is 0 Å². The minimum atomic E-state index is 0.828. The lowest BCUT2D eigenvalue weighted by Crippen LogP contribution is -2.06. The van der Waals surface area contributed by atoms with E-state index in [4.69, 9.17) is 9.97 Å². The molecule has 52 heavy (non-hydrogen) atoms. The molecule has 0 spiro atoms. The van der Waals surface area contributed by atoms with Crippen LogP contribution in [0.15, 0.2) is 170 Å². The Morgan fingerprint density at radius 3 is 1.67 bits per heavy atom. The molecular formula is C48H28N4. The second kappa shape index (κ2) is 10.3. The predicted molar refractivity (Wildman–Crippen MR) is 218 cm³/mol. The number of nitrogens with zero attached hydrogens (tertiary/aromatic N) is 4. The van der Waals surface area contributed by atoms with Crippen LogP contribution in [-0.2, 0) is 0 Å². The van der Waals surface area contributed by atoms with Crippen molar-refractivity contribution in [2.45, 2.75) is 0 Å². The summed E-state index contributed by atoms with van der Waals surface area (Å²) in [5.41, 5.74) is 8.42. The van der Waals surface area contributed by atoms with Gasteiger partial charge in [-0.25, -0.2) is 9.97 Å². The van der Waals surface area contributed by atoms with Crippen molar-refractivity contribution in [1.82, 2.24) is 18.9 Å². The van der Waals surface area contributed by atoms with E-state index in [2.05, 4.69) is 179 Å². The van der Waals surface area contributed by atoms with Gasteiger partial charge in [0, 0.05) is 16.2 Å². The number of aromatic nitrogens is 4. The molecule has 0 N–H and O–H groups in total. The lowest BCUT2D eigenvalue weighted by atomic mass is 9.92. The Bertz CT molecular complexity index is 3440. The van der Waals surface area contributed by atoms with Crippen molar-refractivity contribution in [2.75, 3.05) is 0 Å². The molecule has 0 fully saturated rings. The highest BCUT2D eigenvalue weighted by atomic mass is 15.2. The second-order valence-corrected chi connectivity index (χ2v) is 13.8. The van der Waals surface area contributed by atoms with E-state index in [1.807, 2.05) is 0 Å². The molecule has 9 aromatic carbocycles. The van der Waals surface area contributed by atoms with Crippen LogP contribution in [0.3, 0.4) is 0 Å². The van der Waals surface area contributed by atoms with Gasteiger partial charge in [0.1, 0.15) is 5.65 Å². The molecule has 12 aromatic rings. The van der Waals surface area contributed by atoms with Gasteiger partial charge in [0.15, 0.2) is 0 Å². The predicted octanol–water partition coefficient (Wildman–Crippen LogP) is 12.4. The molecule has 240 valence electrons. The van der Waals surface area contributed by atoms with Gasteiger partial charge in [0.2, 0.25) is 5.95 Å². The van der Waals surface area contributed by atoms with Gasteiger partial charge in [-0.05, 0) is 103 Å². The number of para-hydroxylation sites is 3. The molecule has 3 aromatic heterocycles. The van der Waals surface area contributed by atoms with Crippen LogP contribution in [0, 0.1) is 0 Å². The molecular weight excluding hydrogens is 633 g/mol. The third kappa shape index (κ3) is 3.70. The van der Waals surface area contributed by atoms with Crippen molar-refractivity contribution in [1.29, 1.82) is 0 Å². The highest BCUT2D eigenvalue weighted by Crippen LogP contribution is 2.41. The fraction of sp³-hybridized carbons (Fsp3) is 0. The van der Waals surface area contributed by atoms with Crippen molar-refractivity contribution in [3.05, 3.63) is 170 Å². The molecule has 0 aliphatic carbocycles. The van der Waals surface area contributed by atoms with E-state index < -0.39 is 0 Å². The molecule has 0 amide bonds. The molecule has 0 unspecified atom stereocenters. The van der Waals surface area contributed by atoms with Gasteiger partial charge in [0.05, 0.1) is 27.6 Å². The Kier molecular flexibility index (Phi) is 5.47. The lowest BCUT2D eigenvalue weighted by Gasteiger charge is -2.13. The number of fused-ring (bicyclic) bond motifs is 16. The minimum Gasteiger partial charge on any atom is -0.279 e. The van der Waals surface area contributed by atoms with Crippen LogP contribution in [0.4, 0.5) is 0 Å². The first-order valence-electron chi connectivity index (χ1n) is 17.8. The molecule has 0 atom stereocenters. The van der Waals surface area contributed by atoms with Gasteiger partial charge in [-0.15, -0.1) is 0 Å². The molecule has 12 rings (SSSR count). The van der Waals surface area contributed by atoms with Gasteiger partial charge in [0.25, 0.3) is 0 Å². The fourth-order valence-corrected chi connectivity index (χ4v) is 8.75. The molecule has 0 bridgehead atoms. The molecule has 4 heteroatoms. The number of hydrogen-bond acceptors (Lipinski definition) is 2. The molecule has 0 radical (unpaired) electrons. The third-order valence-electron chi connectivity index (χ3n) is 11.1. The van der Waals surface area contributed by atoms with Gasteiger partial charge in [-0.2, -0.15) is 0 Å². The van der Waals surface area contributed by atoms with Crippen LogP contribution in [0.2, 0.25) is 0 Å². The highest BCUT2D eigenvalue weighted by molar-refractivity contribution is 6.26. The number of rotatable bonds is 2. The monoisotopic (exact) mass is 660 g/mol. The first kappa shape index (κ1) is 27.7. The average Bonchev–Trinajstić information content (AvgIpc) is 3.77. The molecule has 0 saturated carbocycles. The van der Waals surface area contributed by atoms with Crippen molar-refractivity contribution in [3.8, 4) is 17.1 Å². The molecule has 3 heterocycles. The Balaban J connectivity index is 1.19. The SMILES string of the molecule is c1ccc2c(c1)ccc1c2c2cc(-c3ccc4c5ccccc5c5ccccc5c4c3)ccc2n1-c1nc2ccccc2c2nc3ccccc3n12.